The Balaban J connectivity index is 1.98. The van der Waals surface area contributed by atoms with Gasteiger partial charge >= 0.3 is 5.97 Å². The largest absolute Gasteiger partial charge is 0.465 e. The van der Waals surface area contributed by atoms with Gasteiger partial charge in [0.1, 0.15) is 5.82 Å². The molecule has 4 rings (SSSR count). The predicted molar refractivity (Wildman–Crippen MR) is 107 cm³/mol. The average molecular weight is 393 g/mol. The molecule has 1 heterocycles. The number of rotatable bonds is 3. The van der Waals surface area contributed by atoms with Crippen LogP contribution < -0.4 is 0 Å². The molecule has 0 atom stereocenters. The maximum absolute atomic E-state index is 13.4. The van der Waals surface area contributed by atoms with Gasteiger partial charge in [0.05, 0.1) is 23.9 Å². The Bertz CT molecular complexity index is 1180. The number of benzene rings is 3. The van der Waals surface area contributed by atoms with Crippen molar-refractivity contribution in [3.63, 3.8) is 0 Å². The van der Waals surface area contributed by atoms with E-state index in [4.69, 9.17) is 21.3 Å². The molecule has 0 spiro atoms. The smallest absolute Gasteiger partial charge is 0.337 e. The van der Waals surface area contributed by atoms with Gasteiger partial charge in [-0.25, -0.2) is 19.2 Å². The SMILES string of the molecule is COC(=O)c1ccc2c(-c3ccc(F)cc3)nc(-c3ccc(Cl)cc3)nc2c1. The molecule has 0 aliphatic rings. The highest BCUT2D eigenvalue weighted by Gasteiger charge is 2.14. The predicted octanol–water partition coefficient (Wildman–Crippen LogP) is 5.54. The zero-order valence-corrected chi connectivity index (χ0v) is 15.6. The molecule has 4 nitrogen and oxygen atoms in total. The van der Waals surface area contributed by atoms with E-state index >= 15 is 0 Å². The van der Waals surface area contributed by atoms with Gasteiger partial charge in [-0.15, -0.1) is 0 Å². The summed E-state index contributed by atoms with van der Waals surface area (Å²) in [6.45, 7) is 0. The van der Waals surface area contributed by atoms with Crippen LogP contribution in [0.4, 0.5) is 4.39 Å². The van der Waals surface area contributed by atoms with Crippen molar-refractivity contribution < 1.29 is 13.9 Å². The molecule has 0 N–H and O–H groups in total. The van der Waals surface area contributed by atoms with Crippen molar-refractivity contribution in [2.45, 2.75) is 0 Å². The number of carbonyl (C=O) groups excluding carboxylic acids is 1. The van der Waals surface area contributed by atoms with E-state index < -0.39 is 5.97 Å². The molecule has 28 heavy (non-hydrogen) atoms. The van der Waals surface area contributed by atoms with Crippen molar-refractivity contribution in [2.75, 3.05) is 7.11 Å². The third-order valence-electron chi connectivity index (χ3n) is 4.34. The van der Waals surface area contributed by atoms with Gasteiger partial charge in [0.2, 0.25) is 0 Å². The van der Waals surface area contributed by atoms with E-state index in [1.165, 1.54) is 19.2 Å². The first-order valence-electron chi connectivity index (χ1n) is 8.47. The Morgan fingerprint density at radius 1 is 0.929 bits per heavy atom. The summed E-state index contributed by atoms with van der Waals surface area (Å²) in [7, 11) is 1.33. The Morgan fingerprint density at radius 3 is 2.29 bits per heavy atom. The minimum atomic E-state index is -0.447. The standard InChI is InChI=1S/C22H14ClFN2O2/c1-28-22(27)15-6-11-18-19(12-15)25-21(14-2-7-16(23)8-3-14)26-20(18)13-4-9-17(24)10-5-13/h2-12H,1H3. The fraction of sp³-hybridized carbons (Fsp3) is 0.0455. The molecular formula is C22H14ClFN2O2. The van der Waals surface area contributed by atoms with Gasteiger partial charge in [0.15, 0.2) is 5.82 Å². The zero-order valence-electron chi connectivity index (χ0n) is 14.8. The molecule has 1 aromatic heterocycles. The number of hydrogen-bond acceptors (Lipinski definition) is 4. The van der Waals surface area contributed by atoms with Crippen molar-refractivity contribution in [2.24, 2.45) is 0 Å². The first kappa shape index (κ1) is 18.1. The van der Waals surface area contributed by atoms with E-state index in [1.54, 1.807) is 42.5 Å². The van der Waals surface area contributed by atoms with Gasteiger partial charge < -0.3 is 4.74 Å². The first-order chi connectivity index (χ1) is 13.5. The summed E-state index contributed by atoms with van der Waals surface area (Å²) in [6.07, 6.45) is 0. The van der Waals surface area contributed by atoms with E-state index in [0.29, 0.717) is 27.6 Å². The van der Waals surface area contributed by atoms with Gasteiger partial charge in [0.25, 0.3) is 0 Å². The maximum atomic E-state index is 13.4. The van der Waals surface area contributed by atoms with Gasteiger partial charge in [0, 0.05) is 21.5 Å². The van der Waals surface area contributed by atoms with Crippen LogP contribution in [0.2, 0.25) is 5.02 Å². The second kappa shape index (κ2) is 7.37. The van der Waals surface area contributed by atoms with Crippen LogP contribution in [0.25, 0.3) is 33.5 Å². The van der Waals surface area contributed by atoms with Crippen LogP contribution in [0.1, 0.15) is 10.4 Å². The van der Waals surface area contributed by atoms with Gasteiger partial charge in [-0.2, -0.15) is 0 Å². The molecule has 0 radical (unpaired) electrons. The Hall–Kier alpha value is -3.31. The number of methoxy groups -OCH3 is 1. The number of nitrogens with zero attached hydrogens (tertiary/aromatic N) is 2. The number of aromatic nitrogens is 2. The lowest BCUT2D eigenvalue weighted by Gasteiger charge is -2.10. The van der Waals surface area contributed by atoms with E-state index in [1.807, 2.05) is 12.1 Å². The van der Waals surface area contributed by atoms with E-state index in [0.717, 1.165) is 16.5 Å². The van der Waals surface area contributed by atoms with Crippen molar-refractivity contribution in [1.82, 2.24) is 9.97 Å². The molecule has 3 aromatic carbocycles. The lowest BCUT2D eigenvalue weighted by atomic mass is 10.0. The molecular weight excluding hydrogens is 379 g/mol. The summed E-state index contributed by atoms with van der Waals surface area (Å²) >= 11 is 5.98. The molecule has 4 aromatic rings. The van der Waals surface area contributed by atoms with Crippen LogP contribution >= 0.6 is 11.6 Å². The number of esters is 1. The van der Waals surface area contributed by atoms with Gasteiger partial charge in [-0.3, -0.25) is 0 Å². The third-order valence-corrected chi connectivity index (χ3v) is 4.59. The quantitative estimate of drug-likeness (QED) is 0.429. The highest BCUT2D eigenvalue weighted by atomic mass is 35.5. The summed E-state index contributed by atoms with van der Waals surface area (Å²) in [5, 5.41) is 1.35. The number of ether oxygens (including phenoxy) is 1. The second-order valence-electron chi connectivity index (χ2n) is 6.13. The van der Waals surface area contributed by atoms with Crippen LogP contribution in [0, 0.1) is 5.82 Å². The van der Waals surface area contributed by atoms with Gasteiger partial charge in [-0.05, 0) is 66.7 Å². The fourth-order valence-corrected chi connectivity index (χ4v) is 3.06. The number of hydrogen-bond donors (Lipinski definition) is 0. The van der Waals surface area contributed by atoms with Crippen molar-refractivity contribution in [1.29, 1.82) is 0 Å². The molecule has 0 aliphatic heterocycles. The van der Waals surface area contributed by atoms with Crippen molar-refractivity contribution >= 4 is 28.5 Å². The lowest BCUT2D eigenvalue weighted by molar-refractivity contribution is 0.0601. The average Bonchev–Trinajstić information content (AvgIpc) is 2.73. The summed E-state index contributed by atoms with van der Waals surface area (Å²) in [5.74, 6) is -0.296. The Labute approximate surface area is 165 Å². The molecule has 0 aliphatic carbocycles. The maximum Gasteiger partial charge on any atom is 0.337 e. The second-order valence-corrected chi connectivity index (χ2v) is 6.57. The Morgan fingerprint density at radius 2 is 1.61 bits per heavy atom. The first-order valence-corrected chi connectivity index (χ1v) is 8.85. The van der Waals surface area contributed by atoms with Gasteiger partial charge in [-0.1, -0.05) is 11.6 Å². The van der Waals surface area contributed by atoms with Crippen molar-refractivity contribution in [3.8, 4) is 22.6 Å². The Kier molecular flexibility index (Phi) is 4.75. The van der Waals surface area contributed by atoms with Crippen LogP contribution in [0.3, 0.4) is 0 Å². The number of carbonyl (C=O) groups is 1. The zero-order chi connectivity index (χ0) is 19.7. The highest BCUT2D eigenvalue weighted by Crippen LogP contribution is 2.30. The molecule has 138 valence electrons. The molecule has 6 heteroatoms. The molecule has 0 unspecified atom stereocenters. The fourth-order valence-electron chi connectivity index (χ4n) is 2.93. The monoisotopic (exact) mass is 392 g/mol. The van der Waals surface area contributed by atoms with Crippen LogP contribution in [0.5, 0.6) is 0 Å². The third kappa shape index (κ3) is 3.44. The molecule has 0 bridgehead atoms. The summed E-state index contributed by atoms with van der Waals surface area (Å²) in [5.41, 5.74) is 3.14. The van der Waals surface area contributed by atoms with E-state index in [-0.39, 0.29) is 5.82 Å². The van der Waals surface area contributed by atoms with E-state index in [9.17, 15) is 9.18 Å². The van der Waals surface area contributed by atoms with Crippen LogP contribution in [-0.4, -0.2) is 23.0 Å². The van der Waals surface area contributed by atoms with Crippen LogP contribution in [-0.2, 0) is 4.74 Å². The van der Waals surface area contributed by atoms with Crippen LogP contribution in [0.15, 0.2) is 66.7 Å². The highest BCUT2D eigenvalue weighted by molar-refractivity contribution is 6.30. The number of halogens is 2. The minimum Gasteiger partial charge on any atom is -0.465 e. The molecule has 0 saturated heterocycles. The number of fused-ring (bicyclic) bond motifs is 1. The molecule has 0 amide bonds. The summed E-state index contributed by atoms with van der Waals surface area (Å²) < 4.78 is 18.2. The van der Waals surface area contributed by atoms with Crippen molar-refractivity contribution in [3.05, 3.63) is 83.1 Å². The molecule has 0 saturated carbocycles. The summed E-state index contributed by atoms with van der Waals surface area (Å²) in [4.78, 5) is 21.2. The normalized spacial score (nSPS) is 10.8. The topological polar surface area (TPSA) is 52.1 Å². The van der Waals surface area contributed by atoms with E-state index in [2.05, 4.69) is 4.98 Å². The lowest BCUT2D eigenvalue weighted by Crippen LogP contribution is -2.02. The minimum absolute atomic E-state index is 0.326. The summed E-state index contributed by atoms with van der Waals surface area (Å²) in [6, 6.07) is 18.3. The molecule has 0 fully saturated rings.